The zero-order valence-electron chi connectivity index (χ0n) is 21.1. The Morgan fingerprint density at radius 2 is 1.85 bits per heavy atom. The van der Waals surface area contributed by atoms with Gasteiger partial charge in [-0.3, -0.25) is 4.79 Å². The number of aliphatic imine (C=N–C) groups is 2. The molecule has 3 heterocycles. The van der Waals surface area contributed by atoms with Crippen LogP contribution in [0, 0.1) is 11.6 Å². The number of fused-ring (bicyclic) bond motifs is 1. The fourth-order valence-electron chi connectivity index (χ4n) is 4.88. The van der Waals surface area contributed by atoms with Gasteiger partial charge in [0.15, 0.2) is 0 Å². The van der Waals surface area contributed by atoms with Crippen molar-refractivity contribution in [3.05, 3.63) is 106 Å². The Balaban J connectivity index is 1.35. The van der Waals surface area contributed by atoms with Gasteiger partial charge in [-0.2, -0.15) is 5.10 Å². The van der Waals surface area contributed by atoms with Crippen LogP contribution in [0.5, 0.6) is 0 Å². The summed E-state index contributed by atoms with van der Waals surface area (Å²) < 4.78 is 29.9. The maximum atomic E-state index is 14.3. The summed E-state index contributed by atoms with van der Waals surface area (Å²) in [5.74, 6) is -1.32. The largest absolute Gasteiger partial charge is 0.324 e. The normalized spacial score (nSPS) is 15.9. The van der Waals surface area contributed by atoms with Crippen LogP contribution in [-0.4, -0.2) is 27.9 Å². The molecule has 0 spiro atoms. The maximum absolute atomic E-state index is 14.3. The number of guanidine groups is 1. The summed E-state index contributed by atoms with van der Waals surface area (Å²) in [5, 5.41) is 10.7. The highest BCUT2D eigenvalue weighted by molar-refractivity contribution is 6.34. The molecule has 0 fully saturated rings. The number of hydrogen-bond acceptors (Lipinski definition) is 5. The van der Waals surface area contributed by atoms with E-state index in [9.17, 15) is 13.6 Å². The van der Waals surface area contributed by atoms with Gasteiger partial charge in [0.2, 0.25) is 5.96 Å². The molecule has 6 rings (SSSR count). The molecule has 40 heavy (non-hydrogen) atoms. The minimum atomic E-state index is -0.698. The summed E-state index contributed by atoms with van der Waals surface area (Å²) in [5.41, 5.74) is 4.28. The number of amides is 1. The number of nitrogens with zero attached hydrogens (tertiary/aromatic N) is 4. The molecule has 0 saturated heterocycles. The molecule has 2 aliphatic heterocycles. The molecule has 1 atom stereocenters. The van der Waals surface area contributed by atoms with Crippen LogP contribution in [0.2, 0.25) is 5.02 Å². The zero-order chi connectivity index (χ0) is 27.6. The van der Waals surface area contributed by atoms with Gasteiger partial charge in [0.25, 0.3) is 5.91 Å². The third kappa shape index (κ3) is 5.15. The van der Waals surface area contributed by atoms with Crippen LogP contribution in [-0.2, 0) is 6.42 Å². The first kappa shape index (κ1) is 25.6. The van der Waals surface area contributed by atoms with Gasteiger partial charge in [-0.05, 0) is 55.3 Å². The van der Waals surface area contributed by atoms with Crippen LogP contribution in [0.3, 0.4) is 0 Å². The van der Waals surface area contributed by atoms with Gasteiger partial charge in [-0.25, -0.2) is 23.4 Å². The lowest BCUT2D eigenvalue weighted by atomic mass is 9.95. The Labute approximate surface area is 233 Å². The molecule has 7 nitrogen and oxygen atoms in total. The monoisotopic (exact) mass is 556 g/mol. The van der Waals surface area contributed by atoms with E-state index in [-0.39, 0.29) is 22.4 Å². The van der Waals surface area contributed by atoms with E-state index in [1.54, 1.807) is 36.5 Å². The number of aromatic nitrogens is 2. The Kier molecular flexibility index (Phi) is 6.96. The predicted octanol–water partition coefficient (Wildman–Crippen LogP) is 7.13. The van der Waals surface area contributed by atoms with Crippen molar-refractivity contribution in [2.45, 2.75) is 25.3 Å². The van der Waals surface area contributed by atoms with Crippen molar-refractivity contribution >= 4 is 47.3 Å². The first-order valence-electron chi connectivity index (χ1n) is 12.7. The molecule has 3 aromatic carbocycles. The summed E-state index contributed by atoms with van der Waals surface area (Å²) in [6.07, 6.45) is 8.01. The second-order valence-electron chi connectivity index (χ2n) is 9.36. The minimum absolute atomic E-state index is 0.0315. The van der Waals surface area contributed by atoms with Crippen molar-refractivity contribution < 1.29 is 13.6 Å². The molecule has 0 bridgehead atoms. The van der Waals surface area contributed by atoms with Crippen LogP contribution < -0.4 is 10.6 Å². The standard InChI is InChI=1S/C30H23ClF2N6O/c31-22-10-5-11-23(33)26(22)29(40)35-20-8-3-6-18(16-20)28-27(25-12-1-2-15-39(25)38-28)24-13-14-34-30(37-24)36-21-9-4-7-19(32)17-21/h2-11,14-17,24H,1,12-13H2,(H,35,40)(H,36,37). The molecule has 1 unspecified atom stereocenters. The lowest BCUT2D eigenvalue weighted by molar-refractivity contribution is 0.102. The first-order valence-corrected chi connectivity index (χ1v) is 13.1. The third-order valence-corrected chi connectivity index (χ3v) is 6.98. The van der Waals surface area contributed by atoms with E-state index in [0.29, 0.717) is 23.8 Å². The van der Waals surface area contributed by atoms with E-state index in [2.05, 4.69) is 21.7 Å². The van der Waals surface area contributed by atoms with Crippen molar-refractivity contribution in [2.24, 2.45) is 9.98 Å². The molecule has 4 aromatic rings. The number of anilines is 2. The van der Waals surface area contributed by atoms with Gasteiger partial charge in [-0.1, -0.05) is 41.9 Å². The summed E-state index contributed by atoms with van der Waals surface area (Å²) in [6.45, 7) is 0. The highest BCUT2D eigenvalue weighted by Gasteiger charge is 2.28. The topological polar surface area (TPSA) is 83.7 Å². The molecular weight excluding hydrogens is 534 g/mol. The number of hydrogen-bond donors (Lipinski definition) is 2. The van der Waals surface area contributed by atoms with Gasteiger partial charge in [0.1, 0.15) is 11.6 Å². The third-order valence-electron chi connectivity index (χ3n) is 6.66. The Morgan fingerprint density at radius 3 is 2.70 bits per heavy atom. The molecule has 0 radical (unpaired) electrons. The van der Waals surface area contributed by atoms with Crippen molar-refractivity contribution in [1.29, 1.82) is 0 Å². The lowest BCUT2D eigenvalue weighted by Gasteiger charge is -2.19. The molecule has 1 aromatic heterocycles. The second-order valence-corrected chi connectivity index (χ2v) is 9.77. The number of allylic oxidation sites excluding steroid dienone is 1. The van der Waals surface area contributed by atoms with Crippen LogP contribution in [0.25, 0.3) is 17.5 Å². The van der Waals surface area contributed by atoms with Crippen molar-refractivity contribution in [3.8, 4) is 11.3 Å². The number of carbonyl (C=O) groups is 1. The van der Waals surface area contributed by atoms with Gasteiger partial charge < -0.3 is 10.6 Å². The van der Waals surface area contributed by atoms with Gasteiger partial charge in [0, 0.05) is 47.0 Å². The first-order chi connectivity index (χ1) is 19.5. The zero-order valence-corrected chi connectivity index (χ0v) is 21.9. The molecule has 1 amide bonds. The Morgan fingerprint density at radius 1 is 1.02 bits per heavy atom. The van der Waals surface area contributed by atoms with Crippen LogP contribution in [0.1, 0.15) is 40.5 Å². The van der Waals surface area contributed by atoms with E-state index in [0.717, 1.165) is 35.4 Å². The summed E-state index contributed by atoms with van der Waals surface area (Å²) in [6, 6.07) is 17.2. The van der Waals surface area contributed by atoms with Crippen LogP contribution in [0.4, 0.5) is 20.2 Å². The van der Waals surface area contributed by atoms with Crippen molar-refractivity contribution in [1.82, 2.24) is 9.78 Å². The summed E-state index contributed by atoms with van der Waals surface area (Å²) >= 11 is 6.09. The second kappa shape index (κ2) is 10.9. The summed E-state index contributed by atoms with van der Waals surface area (Å²) in [7, 11) is 0. The predicted molar refractivity (Wildman–Crippen MR) is 154 cm³/mol. The molecule has 0 aliphatic carbocycles. The van der Waals surface area contributed by atoms with Crippen molar-refractivity contribution in [2.75, 3.05) is 10.6 Å². The van der Waals surface area contributed by atoms with Gasteiger partial charge in [-0.15, -0.1) is 0 Å². The molecule has 200 valence electrons. The molecule has 2 N–H and O–H groups in total. The van der Waals surface area contributed by atoms with Crippen LogP contribution >= 0.6 is 11.6 Å². The molecular formula is C30H23ClF2N6O. The smallest absolute Gasteiger partial charge is 0.260 e. The van der Waals surface area contributed by atoms with E-state index in [1.165, 1.54) is 30.3 Å². The number of rotatable bonds is 5. The van der Waals surface area contributed by atoms with Gasteiger partial charge in [0.05, 0.1) is 22.3 Å². The van der Waals surface area contributed by atoms with E-state index < -0.39 is 11.7 Å². The molecule has 10 heteroatoms. The maximum Gasteiger partial charge on any atom is 0.260 e. The lowest BCUT2D eigenvalue weighted by Crippen LogP contribution is -2.17. The minimum Gasteiger partial charge on any atom is -0.324 e. The Bertz CT molecular complexity index is 1690. The highest BCUT2D eigenvalue weighted by atomic mass is 35.5. The number of nitrogens with one attached hydrogen (secondary N) is 2. The van der Waals surface area contributed by atoms with E-state index >= 15 is 0 Å². The number of halogens is 3. The summed E-state index contributed by atoms with van der Waals surface area (Å²) in [4.78, 5) is 22.1. The average molecular weight is 557 g/mol. The van der Waals surface area contributed by atoms with Gasteiger partial charge >= 0.3 is 0 Å². The SMILES string of the molecule is O=C(Nc1cccc(-c2nn3c(c2C2CC=NC(Nc4cccc(F)c4)=N2)CCC=C3)c1)c1c(F)cccc1Cl. The average Bonchev–Trinajstić information content (AvgIpc) is 3.33. The highest BCUT2D eigenvalue weighted by Crippen LogP contribution is 2.38. The molecule has 0 saturated carbocycles. The number of benzene rings is 3. The quantitative estimate of drug-likeness (QED) is 0.274. The van der Waals surface area contributed by atoms with Crippen molar-refractivity contribution in [3.63, 3.8) is 0 Å². The van der Waals surface area contributed by atoms with E-state index in [1.807, 2.05) is 16.9 Å². The van der Waals surface area contributed by atoms with E-state index in [4.69, 9.17) is 21.7 Å². The number of carbonyl (C=O) groups excluding carboxylic acids is 1. The molecule has 2 aliphatic rings. The van der Waals surface area contributed by atoms with Crippen LogP contribution in [0.15, 0.2) is 82.8 Å². The Hall–Kier alpha value is -4.63. The fraction of sp³-hybridized carbons (Fsp3) is 0.133. The fourth-order valence-corrected chi connectivity index (χ4v) is 5.13.